The second kappa shape index (κ2) is 60.6. The molecule has 19 heteroatoms. The second-order valence-corrected chi connectivity index (χ2v) is 27.6. The molecule has 0 aromatic rings. The summed E-state index contributed by atoms with van der Waals surface area (Å²) in [6, 6.07) is 0. The fourth-order valence-corrected chi connectivity index (χ4v) is 11.7. The Morgan fingerprint density at radius 2 is 0.535 bits per heavy atom. The van der Waals surface area contributed by atoms with Crippen LogP contribution in [0.3, 0.4) is 0 Å². The number of aliphatic hydroxyl groups is 1. The van der Waals surface area contributed by atoms with E-state index in [0.29, 0.717) is 25.7 Å². The van der Waals surface area contributed by atoms with Crippen molar-refractivity contribution in [2.45, 2.75) is 361 Å². The van der Waals surface area contributed by atoms with E-state index in [0.717, 1.165) is 115 Å². The minimum atomic E-state index is -4.95. The zero-order valence-corrected chi connectivity index (χ0v) is 57.2. The number of hydrogen-bond donors (Lipinski definition) is 3. The van der Waals surface area contributed by atoms with Gasteiger partial charge in [0.25, 0.3) is 0 Å². The standard InChI is InChI=1S/C67H130O17P2/c1-6-9-12-15-18-20-21-22-26-29-32-37-41-46-51-65(70)78-57-63(84-67(72)53-48-43-38-33-30-27-24-23-25-28-31-35-39-44-49-60(4)5)59-82-86(75,76)80-55-61(68)54-79-85(73,74)81-58-62(56-77-64(69)50-45-40-34-17-14-11-8-3)83-66(71)52-47-42-36-19-16-13-10-7-2/h60-63,68H,6-59H2,1-5H3,(H,73,74)(H,75,76)/t61-,62+,63+/m0/s1. The van der Waals surface area contributed by atoms with E-state index in [1.165, 1.54) is 148 Å². The molecule has 0 rings (SSSR count). The molecule has 17 nitrogen and oxygen atoms in total. The Morgan fingerprint density at radius 3 is 0.791 bits per heavy atom. The molecule has 0 aliphatic carbocycles. The molecule has 0 spiro atoms. The van der Waals surface area contributed by atoms with Crippen LogP contribution in [0.4, 0.5) is 0 Å². The van der Waals surface area contributed by atoms with Crippen molar-refractivity contribution in [3.8, 4) is 0 Å². The molecule has 86 heavy (non-hydrogen) atoms. The average Bonchev–Trinajstić information content (AvgIpc) is 3.59. The van der Waals surface area contributed by atoms with Gasteiger partial charge in [-0.1, -0.05) is 291 Å². The molecule has 0 bridgehead atoms. The summed E-state index contributed by atoms with van der Waals surface area (Å²) in [5.41, 5.74) is 0. The van der Waals surface area contributed by atoms with Crippen molar-refractivity contribution >= 4 is 39.5 Å². The SMILES string of the molecule is CCCCCCCCCCCCCCCCC(=O)OC[C@H](COP(=O)(O)OC[C@@H](O)COP(=O)(O)OC[C@@H](COC(=O)CCCCCCCCC)OC(=O)CCCCCCCCCC)OC(=O)CCCCCCCCCCCCCCCCC(C)C. The summed E-state index contributed by atoms with van der Waals surface area (Å²) in [7, 11) is -9.88. The molecule has 0 amide bonds. The van der Waals surface area contributed by atoms with Crippen molar-refractivity contribution in [3.63, 3.8) is 0 Å². The molecule has 0 saturated heterocycles. The molecular weight excluding hydrogens is 1140 g/mol. The van der Waals surface area contributed by atoms with Gasteiger partial charge in [-0.05, 0) is 31.6 Å². The van der Waals surface area contributed by atoms with Crippen molar-refractivity contribution in [1.82, 2.24) is 0 Å². The maximum Gasteiger partial charge on any atom is 0.472 e. The number of carbonyl (C=O) groups is 4. The van der Waals surface area contributed by atoms with E-state index in [1.54, 1.807) is 0 Å². The Labute approximate surface area is 524 Å². The lowest BCUT2D eigenvalue weighted by atomic mass is 10.0. The minimum absolute atomic E-state index is 0.105. The highest BCUT2D eigenvalue weighted by Crippen LogP contribution is 2.45. The molecular formula is C67H130O17P2. The number of carbonyl (C=O) groups excluding carboxylic acids is 4. The van der Waals surface area contributed by atoms with Gasteiger partial charge in [-0.25, -0.2) is 9.13 Å². The monoisotopic (exact) mass is 1270 g/mol. The topological polar surface area (TPSA) is 237 Å². The number of unbranched alkanes of at least 4 members (excludes halogenated alkanes) is 39. The molecule has 5 atom stereocenters. The van der Waals surface area contributed by atoms with Crippen molar-refractivity contribution < 1.29 is 80.2 Å². The lowest BCUT2D eigenvalue weighted by molar-refractivity contribution is -0.161. The van der Waals surface area contributed by atoms with Gasteiger partial charge < -0.3 is 33.8 Å². The van der Waals surface area contributed by atoms with Crippen LogP contribution in [0.25, 0.3) is 0 Å². The van der Waals surface area contributed by atoms with E-state index in [4.69, 9.17) is 37.0 Å². The number of ether oxygens (including phenoxy) is 4. The normalized spacial score (nSPS) is 14.2. The summed E-state index contributed by atoms with van der Waals surface area (Å²) in [6.45, 7) is 7.18. The highest BCUT2D eigenvalue weighted by Gasteiger charge is 2.30. The number of rotatable bonds is 67. The molecule has 0 fully saturated rings. The van der Waals surface area contributed by atoms with Crippen LogP contribution >= 0.6 is 15.6 Å². The smallest absolute Gasteiger partial charge is 0.462 e. The van der Waals surface area contributed by atoms with E-state index in [2.05, 4.69) is 34.6 Å². The van der Waals surface area contributed by atoms with Crippen molar-refractivity contribution in [1.29, 1.82) is 0 Å². The fourth-order valence-electron chi connectivity index (χ4n) is 10.1. The molecule has 0 heterocycles. The predicted molar refractivity (Wildman–Crippen MR) is 345 cm³/mol. The summed E-state index contributed by atoms with van der Waals surface area (Å²) >= 11 is 0. The lowest BCUT2D eigenvalue weighted by Gasteiger charge is -2.21. The van der Waals surface area contributed by atoms with Crippen LogP contribution in [0.1, 0.15) is 343 Å². The van der Waals surface area contributed by atoms with Gasteiger partial charge in [-0.2, -0.15) is 0 Å². The van der Waals surface area contributed by atoms with Gasteiger partial charge in [0.2, 0.25) is 0 Å². The first-order valence-corrected chi connectivity index (χ1v) is 38.1. The van der Waals surface area contributed by atoms with Crippen LogP contribution in [0.2, 0.25) is 0 Å². The van der Waals surface area contributed by atoms with Gasteiger partial charge in [-0.15, -0.1) is 0 Å². The van der Waals surface area contributed by atoms with E-state index in [-0.39, 0.29) is 25.7 Å². The van der Waals surface area contributed by atoms with E-state index in [1.807, 2.05) is 0 Å². The van der Waals surface area contributed by atoms with Gasteiger partial charge in [-0.3, -0.25) is 37.3 Å². The highest BCUT2D eigenvalue weighted by molar-refractivity contribution is 7.47. The van der Waals surface area contributed by atoms with Crippen LogP contribution in [-0.2, 0) is 65.4 Å². The number of aliphatic hydroxyl groups excluding tert-OH is 1. The third-order valence-corrected chi connectivity index (χ3v) is 17.4. The Bertz CT molecular complexity index is 1670. The second-order valence-electron chi connectivity index (χ2n) is 24.7. The molecule has 0 aliphatic heterocycles. The summed E-state index contributed by atoms with van der Waals surface area (Å²) in [6.07, 6.45) is 46.0. The van der Waals surface area contributed by atoms with Gasteiger partial charge in [0.1, 0.15) is 19.3 Å². The number of hydrogen-bond acceptors (Lipinski definition) is 15. The van der Waals surface area contributed by atoms with Crippen molar-refractivity contribution in [2.24, 2.45) is 5.92 Å². The Kier molecular flexibility index (Phi) is 59.2. The van der Waals surface area contributed by atoms with Crippen LogP contribution in [-0.4, -0.2) is 96.7 Å². The van der Waals surface area contributed by atoms with Gasteiger partial charge in [0, 0.05) is 25.7 Å². The van der Waals surface area contributed by atoms with Gasteiger partial charge >= 0.3 is 39.5 Å². The maximum atomic E-state index is 13.0. The molecule has 2 unspecified atom stereocenters. The summed E-state index contributed by atoms with van der Waals surface area (Å²) in [4.78, 5) is 72.2. The fraction of sp³-hybridized carbons (Fsp3) is 0.940. The Hall–Kier alpha value is -1.94. The molecule has 0 radical (unpaired) electrons. The summed E-state index contributed by atoms with van der Waals surface area (Å²) in [5, 5.41) is 10.5. The van der Waals surface area contributed by atoms with Gasteiger partial charge in [0.05, 0.1) is 26.4 Å². The number of esters is 4. The number of phosphoric ester groups is 2. The van der Waals surface area contributed by atoms with E-state index < -0.39 is 97.5 Å². The van der Waals surface area contributed by atoms with Crippen LogP contribution in [0, 0.1) is 5.92 Å². The summed E-state index contributed by atoms with van der Waals surface area (Å²) < 4.78 is 68.0. The minimum Gasteiger partial charge on any atom is -0.462 e. The molecule has 3 N–H and O–H groups in total. The van der Waals surface area contributed by atoms with Crippen molar-refractivity contribution in [2.75, 3.05) is 39.6 Å². The quantitative estimate of drug-likeness (QED) is 0.0222. The highest BCUT2D eigenvalue weighted by atomic mass is 31.2. The van der Waals surface area contributed by atoms with Gasteiger partial charge in [0.15, 0.2) is 12.2 Å². The maximum absolute atomic E-state index is 13.0. The van der Waals surface area contributed by atoms with Crippen molar-refractivity contribution in [3.05, 3.63) is 0 Å². The number of phosphoric acid groups is 2. The molecule has 0 aromatic heterocycles. The van der Waals surface area contributed by atoms with Crippen LogP contribution in [0.5, 0.6) is 0 Å². The van der Waals surface area contributed by atoms with E-state index >= 15 is 0 Å². The third kappa shape index (κ3) is 60.9. The third-order valence-electron chi connectivity index (χ3n) is 15.5. The zero-order chi connectivity index (χ0) is 63.5. The molecule has 0 saturated carbocycles. The molecule has 510 valence electrons. The Morgan fingerprint density at radius 1 is 0.314 bits per heavy atom. The lowest BCUT2D eigenvalue weighted by Crippen LogP contribution is -2.30. The summed E-state index contributed by atoms with van der Waals surface area (Å²) in [5.74, 6) is -1.34. The molecule has 0 aromatic carbocycles. The van der Waals surface area contributed by atoms with Crippen LogP contribution in [0.15, 0.2) is 0 Å². The van der Waals surface area contributed by atoms with E-state index in [9.17, 15) is 43.2 Å². The first kappa shape index (κ1) is 84.1. The first-order valence-electron chi connectivity index (χ1n) is 35.1. The van der Waals surface area contributed by atoms with Crippen LogP contribution < -0.4 is 0 Å². The average molecular weight is 1270 g/mol. The predicted octanol–water partition coefficient (Wildman–Crippen LogP) is 19.0. The first-order chi connectivity index (χ1) is 41.5. The molecule has 0 aliphatic rings. The largest absolute Gasteiger partial charge is 0.472 e. The Balaban J connectivity index is 5.17. The zero-order valence-electron chi connectivity index (χ0n) is 55.4.